The summed E-state index contributed by atoms with van der Waals surface area (Å²) in [4.78, 5) is 78.2. The second kappa shape index (κ2) is 29.8. The highest BCUT2D eigenvalue weighted by Gasteiger charge is 2.24. The summed E-state index contributed by atoms with van der Waals surface area (Å²) in [7, 11) is 2.74. The summed E-state index contributed by atoms with van der Waals surface area (Å²) in [6, 6.07) is 16.2. The normalized spacial score (nSPS) is 14.3. The zero-order valence-electron chi connectivity index (χ0n) is 45.5. The van der Waals surface area contributed by atoms with Gasteiger partial charge in [-0.1, -0.05) is 59.7 Å². The number of aliphatic carboxylic acids is 1. The van der Waals surface area contributed by atoms with E-state index >= 15 is 0 Å². The van der Waals surface area contributed by atoms with Crippen LogP contribution in [0.15, 0.2) is 54.6 Å². The predicted octanol–water partition coefficient (Wildman–Crippen LogP) is 9.47. The largest absolute Gasteiger partial charge is 0.481 e. The number of amides is 2. The number of carboxylic acid groups (broad SMARTS) is 2. The molecule has 14 nitrogen and oxygen atoms in total. The SMILES string of the molecule is COC(=O)c1ccc(CCCC(=O)N2CCN(CCC(C)(C)C)CC2)c(C)c1.COC(=O)c1ccc(CCCC(=O)O)c(C)c1.Cc1cc(C(=O)O)ccc1CCCC(=O)N1CCN(CCC(C)(C)C)CC1. The Kier molecular flexibility index (Phi) is 25.1. The van der Waals surface area contributed by atoms with Crippen molar-refractivity contribution in [2.75, 3.05) is 79.7 Å². The number of aryl methyl sites for hydroxylation is 6. The van der Waals surface area contributed by atoms with Gasteiger partial charge in [0, 0.05) is 71.6 Å². The van der Waals surface area contributed by atoms with E-state index in [2.05, 4.69) is 56.1 Å². The Hall–Kier alpha value is -5.60. The van der Waals surface area contributed by atoms with Gasteiger partial charge in [0.05, 0.1) is 30.9 Å². The van der Waals surface area contributed by atoms with Gasteiger partial charge in [0.2, 0.25) is 11.8 Å². The highest BCUT2D eigenvalue weighted by Crippen LogP contribution is 2.22. The number of ether oxygens (including phenoxy) is 2. The van der Waals surface area contributed by atoms with Crippen LogP contribution in [0.5, 0.6) is 0 Å². The highest BCUT2D eigenvalue weighted by molar-refractivity contribution is 5.90. The Morgan fingerprint density at radius 2 is 0.806 bits per heavy atom. The van der Waals surface area contributed by atoms with Crippen LogP contribution in [0.3, 0.4) is 0 Å². The van der Waals surface area contributed by atoms with E-state index < -0.39 is 11.9 Å². The van der Waals surface area contributed by atoms with Crippen molar-refractivity contribution in [1.82, 2.24) is 19.6 Å². The fraction of sp³-hybridized carbons (Fsp3) is 0.586. The average molecular weight is 999 g/mol. The molecule has 14 heteroatoms. The van der Waals surface area contributed by atoms with Gasteiger partial charge in [-0.05, 0) is 166 Å². The van der Waals surface area contributed by atoms with E-state index in [0.29, 0.717) is 53.2 Å². The minimum atomic E-state index is -0.901. The molecule has 0 spiro atoms. The standard InChI is InChI=1S/C23H36N2O3.C22H34N2O3.C13H16O4/c1-18-17-20(22(27)28-5)10-9-19(18)7-6-8-21(26)25-15-13-24(14-16-25)12-11-23(2,3)4;1-17-16-19(21(26)27)9-8-18(17)6-5-7-20(25)24-14-12-23(13-15-24)11-10-22(2,3)4;1-9-8-11(13(16)17-2)7-6-10(9)4-3-5-12(14)15/h9-10,17H,6-8,11-16H2,1-5H3;8-9,16H,5-7,10-15H2,1-4H3,(H,26,27);6-8H,3-5H2,1-2H3,(H,14,15). The Morgan fingerprint density at radius 3 is 1.10 bits per heavy atom. The molecule has 0 radical (unpaired) electrons. The molecule has 2 fully saturated rings. The van der Waals surface area contributed by atoms with Gasteiger partial charge in [0.25, 0.3) is 0 Å². The third-order valence-corrected chi connectivity index (χ3v) is 13.4. The molecule has 3 aromatic rings. The highest BCUT2D eigenvalue weighted by atomic mass is 16.5. The molecule has 0 saturated carbocycles. The second-order valence-electron chi connectivity index (χ2n) is 21.7. The first-order valence-electron chi connectivity index (χ1n) is 25.8. The van der Waals surface area contributed by atoms with Gasteiger partial charge in [-0.15, -0.1) is 0 Å². The third kappa shape index (κ3) is 22.4. The summed E-state index contributed by atoms with van der Waals surface area (Å²) in [5.74, 6) is -1.85. The van der Waals surface area contributed by atoms with E-state index in [1.807, 2.05) is 54.8 Å². The lowest BCUT2D eigenvalue weighted by Gasteiger charge is -2.36. The molecule has 72 heavy (non-hydrogen) atoms. The van der Waals surface area contributed by atoms with Crippen LogP contribution in [0.2, 0.25) is 0 Å². The molecule has 0 unspecified atom stereocenters. The zero-order valence-corrected chi connectivity index (χ0v) is 45.5. The van der Waals surface area contributed by atoms with Gasteiger partial charge in [-0.3, -0.25) is 24.2 Å². The minimum Gasteiger partial charge on any atom is -0.481 e. The maximum Gasteiger partial charge on any atom is 0.337 e. The first-order valence-corrected chi connectivity index (χ1v) is 25.8. The topological polar surface area (TPSA) is 174 Å². The van der Waals surface area contributed by atoms with E-state index in [1.54, 1.807) is 30.3 Å². The number of methoxy groups -OCH3 is 2. The van der Waals surface area contributed by atoms with Gasteiger partial charge < -0.3 is 29.5 Å². The molecule has 2 heterocycles. The second-order valence-corrected chi connectivity index (χ2v) is 21.7. The minimum absolute atomic E-state index is 0.165. The number of rotatable bonds is 19. The van der Waals surface area contributed by atoms with Crippen LogP contribution >= 0.6 is 0 Å². The summed E-state index contributed by atoms with van der Waals surface area (Å²) in [6.45, 7) is 28.9. The lowest BCUT2D eigenvalue weighted by Crippen LogP contribution is -2.49. The third-order valence-electron chi connectivity index (χ3n) is 13.4. The van der Waals surface area contributed by atoms with Crippen molar-refractivity contribution in [1.29, 1.82) is 0 Å². The number of carboxylic acids is 2. The van der Waals surface area contributed by atoms with Crippen molar-refractivity contribution < 1.29 is 48.5 Å². The van der Waals surface area contributed by atoms with Gasteiger partial charge in [-0.2, -0.15) is 0 Å². The first-order chi connectivity index (χ1) is 33.9. The number of aromatic carboxylic acids is 1. The lowest BCUT2D eigenvalue weighted by molar-refractivity contribution is -0.137. The fourth-order valence-corrected chi connectivity index (χ4v) is 8.59. The van der Waals surface area contributed by atoms with Crippen molar-refractivity contribution in [3.63, 3.8) is 0 Å². The molecule has 398 valence electrons. The van der Waals surface area contributed by atoms with Crippen LogP contribution in [0.4, 0.5) is 0 Å². The number of nitrogens with zero attached hydrogens (tertiary/aromatic N) is 4. The predicted molar refractivity (Wildman–Crippen MR) is 284 cm³/mol. The number of esters is 2. The van der Waals surface area contributed by atoms with Crippen LogP contribution in [0, 0.1) is 31.6 Å². The van der Waals surface area contributed by atoms with E-state index in [4.69, 9.17) is 14.9 Å². The van der Waals surface area contributed by atoms with Crippen LogP contribution in [-0.2, 0) is 43.1 Å². The number of piperazine rings is 2. The van der Waals surface area contributed by atoms with Crippen LogP contribution in [-0.4, -0.2) is 145 Å². The summed E-state index contributed by atoms with van der Waals surface area (Å²) >= 11 is 0. The molecule has 5 rings (SSSR count). The molecule has 2 saturated heterocycles. The monoisotopic (exact) mass is 999 g/mol. The molecule has 2 aliphatic heterocycles. The van der Waals surface area contributed by atoms with Crippen LogP contribution < -0.4 is 0 Å². The Balaban J connectivity index is 0.000000294. The van der Waals surface area contributed by atoms with E-state index in [-0.39, 0.29) is 30.2 Å². The maximum absolute atomic E-state index is 12.5. The van der Waals surface area contributed by atoms with Gasteiger partial charge >= 0.3 is 23.9 Å². The lowest BCUT2D eigenvalue weighted by atomic mass is 9.92. The fourth-order valence-electron chi connectivity index (χ4n) is 8.59. The van der Waals surface area contributed by atoms with Crippen LogP contribution in [0.1, 0.15) is 157 Å². The molecule has 0 aliphatic carbocycles. The Bertz CT molecular complexity index is 2250. The first kappa shape index (κ1) is 60.7. The number of hydrogen-bond acceptors (Lipinski definition) is 10. The Labute approximate surface area is 430 Å². The smallest absolute Gasteiger partial charge is 0.337 e. The summed E-state index contributed by atoms with van der Waals surface area (Å²) in [5.41, 5.74) is 8.54. The quantitative estimate of drug-likeness (QED) is 0.109. The molecule has 2 amide bonds. The summed E-state index contributed by atoms with van der Waals surface area (Å²) < 4.78 is 9.38. The molecule has 3 aromatic carbocycles. The zero-order chi connectivity index (χ0) is 53.6. The molecule has 0 bridgehead atoms. The van der Waals surface area contributed by atoms with E-state index in [1.165, 1.54) is 32.6 Å². The molecular weight excluding hydrogens is 913 g/mol. The molecule has 2 N–H and O–H groups in total. The van der Waals surface area contributed by atoms with Crippen molar-refractivity contribution in [2.24, 2.45) is 10.8 Å². The van der Waals surface area contributed by atoms with Gasteiger partial charge in [0.1, 0.15) is 0 Å². The molecule has 2 aliphatic rings. The van der Waals surface area contributed by atoms with Crippen molar-refractivity contribution in [3.8, 4) is 0 Å². The average Bonchev–Trinajstić information content (AvgIpc) is 3.33. The molecular formula is C58H86N4O10. The van der Waals surface area contributed by atoms with Gasteiger partial charge in [-0.25, -0.2) is 14.4 Å². The Morgan fingerprint density at radius 1 is 0.486 bits per heavy atom. The molecule has 0 atom stereocenters. The van der Waals surface area contributed by atoms with Crippen molar-refractivity contribution >= 4 is 35.7 Å². The number of benzene rings is 3. The molecule has 0 aromatic heterocycles. The van der Waals surface area contributed by atoms with Crippen molar-refractivity contribution in [2.45, 2.75) is 133 Å². The number of carbonyl (C=O) groups is 6. The summed E-state index contributed by atoms with van der Waals surface area (Å²) in [6.07, 6.45) is 8.29. The number of hydrogen-bond donors (Lipinski definition) is 2. The maximum atomic E-state index is 12.5. The summed E-state index contributed by atoms with van der Waals surface area (Å²) in [5, 5.41) is 17.6. The number of carbonyl (C=O) groups excluding carboxylic acids is 4. The van der Waals surface area contributed by atoms with Gasteiger partial charge in [0.15, 0.2) is 0 Å². The van der Waals surface area contributed by atoms with E-state index in [9.17, 15) is 28.8 Å². The van der Waals surface area contributed by atoms with Crippen molar-refractivity contribution in [3.05, 3.63) is 105 Å². The van der Waals surface area contributed by atoms with E-state index in [0.717, 1.165) is 119 Å². The van der Waals surface area contributed by atoms with Crippen LogP contribution in [0.25, 0.3) is 0 Å².